The number of hydrogen-bond acceptors (Lipinski definition) is 1. The van der Waals surface area contributed by atoms with Gasteiger partial charge >= 0.3 is 0 Å². The Labute approximate surface area is 153 Å². The summed E-state index contributed by atoms with van der Waals surface area (Å²) in [6.07, 6.45) is 15.0. The zero-order valence-corrected chi connectivity index (χ0v) is 15.7. The first-order valence-corrected chi connectivity index (χ1v) is 10.8. The second kappa shape index (κ2) is 6.58. The molecule has 1 aliphatic heterocycles. The van der Waals surface area contributed by atoms with Crippen LogP contribution in [0.4, 0.5) is 0 Å². The van der Waals surface area contributed by atoms with E-state index in [2.05, 4.69) is 48.7 Å². The van der Waals surface area contributed by atoms with E-state index in [-0.39, 0.29) is 0 Å². The van der Waals surface area contributed by atoms with Crippen molar-refractivity contribution in [3.05, 3.63) is 41.5 Å². The molecule has 1 heteroatoms. The summed E-state index contributed by atoms with van der Waals surface area (Å²) in [6, 6.07) is 9.84. The molecule has 1 heterocycles. The summed E-state index contributed by atoms with van der Waals surface area (Å²) in [5, 5.41) is 3.87. The van der Waals surface area contributed by atoms with Gasteiger partial charge in [0.15, 0.2) is 0 Å². The van der Waals surface area contributed by atoms with Crippen LogP contribution in [-0.2, 0) is 0 Å². The van der Waals surface area contributed by atoms with Gasteiger partial charge < -0.3 is 5.32 Å². The van der Waals surface area contributed by atoms with Crippen molar-refractivity contribution in [2.24, 2.45) is 29.6 Å². The molecule has 25 heavy (non-hydrogen) atoms. The number of benzene rings is 1. The Kier molecular flexibility index (Phi) is 4.24. The van der Waals surface area contributed by atoms with E-state index in [1.807, 2.05) is 0 Å². The first-order chi connectivity index (χ1) is 12.3. The van der Waals surface area contributed by atoms with Crippen LogP contribution in [0.1, 0.15) is 68.9 Å². The van der Waals surface area contributed by atoms with Gasteiger partial charge in [-0.25, -0.2) is 0 Å². The summed E-state index contributed by atoms with van der Waals surface area (Å²) in [4.78, 5) is 0. The number of rotatable bonds is 3. The largest absolute Gasteiger partial charge is 0.314 e. The van der Waals surface area contributed by atoms with E-state index < -0.39 is 0 Å². The van der Waals surface area contributed by atoms with Crippen LogP contribution in [0.3, 0.4) is 0 Å². The number of nitrogens with one attached hydrogen (secondary N) is 1. The smallest absolute Gasteiger partial charge is 0.00982 e. The molecule has 7 unspecified atom stereocenters. The van der Waals surface area contributed by atoms with Crippen LogP contribution in [0.2, 0.25) is 0 Å². The summed E-state index contributed by atoms with van der Waals surface area (Å²) < 4.78 is 0. The lowest BCUT2D eigenvalue weighted by Crippen LogP contribution is -2.47. The summed E-state index contributed by atoms with van der Waals surface area (Å²) in [6.45, 7) is 3.82. The van der Waals surface area contributed by atoms with E-state index in [9.17, 15) is 0 Å². The number of piperidine rings is 1. The van der Waals surface area contributed by atoms with Gasteiger partial charge in [-0.15, -0.1) is 0 Å². The van der Waals surface area contributed by atoms with E-state index in [1.54, 1.807) is 5.56 Å². The fourth-order valence-electron chi connectivity index (χ4n) is 6.94. The van der Waals surface area contributed by atoms with Crippen molar-refractivity contribution in [1.29, 1.82) is 0 Å². The van der Waals surface area contributed by atoms with Gasteiger partial charge in [0.1, 0.15) is 0 Å². The number of allylic oxidation sites excluding steroid dienone is 1. The van der Waals surface area contributed by atoms with Crippen molar-refractivity contribution in [1.82, 2.24) is 5.32 Å². The predicted octanol–water partition coefficient (Wildman–Crippen LogP) is 5.63. The monoisotopic (exact) mass is 335 g/mol. The number of hydrogen-bond donors (Lipinski definition) is 1. The van der Waals surface area contributed by atoms with E-state index in [4.69, 9.17) is 0 Å². The fourth-order valence-corrected chi connectivity index (χ4v) is 6.94. The van der Waals surface area contributed by atoms with Crippen LogP contribution in [-0.4, -0.2) is 12.6 Å². The van der Waals surface area contributed by atoms with Gasteiger partial charge in [-0.1, -0.05) is 43.3 Å². The number of fused-ring (bicyclic) bond motifs is 3. The molecule has 1 nitrogen and oxygen atoms in total. The molecule has 0 aromatic heterocycles. The lowest BCUT2D eigenvalue weighted by Gasteiger charge is -2.43. The van der Waals surface area contributed by atoms with Crippen LogP contribution >= 0.6 is 0 Å². The molecule has 0 spiro atoms. The second-order valence-corrected chi connectivity index (χ2v) is 9.41. The van der Waals surface area contributed by atoms with E-state index >= 15 is 0 Å². The zero-order valence-electron chi connectivity index (χ0n) is 15.7. The molecular weight excluding hydrogens is 302 g/mol. The molecular formula is C24H33N. The molecule has 0 bridgehead atoms. The molecule has 0 radical (unpaired) electrons. The maximum atomic E-state index is 3.87. The van der Waals surface area contributed by atoms with Crippen LogP contribution in [0, 0.1) is 29.6 Å². The summed E-state index contributed by atoms with van der Waals surface area (Å²) in [5.74, 6) is 5.61. The van der Waals surface area contributed by atoms with E-state index in [0.717, 1.165) is 35.6 Å². The molecule has 2 saturated carbocycles. The Morgan fingerprint density at radius 2 is 1.96 bits per heavy atom. The van der Waals surface area contributed by atoms with Crippen LogP contribution in [0.5, 0.6) is 0 Å². The first kappa shape index (κ1) is 16.1. The Balaban J connectivity index is 1.26. The minimum atomic E-state index is 0.673. The van der Waals surface area contributed by atoms with Crippen molar-refractivity contribution in [3.63, 3.8) is 0 Å². The quantitative estimate of drug-likeness (QED) is 0.755. The van der Waals surface area contributed by atoms with Gasteiger partial charge in [0, 0.05) is 12.0 Å². The minimum Gasteiger partial charge on any atom is -0.314 e. The van der Waals surface area contributed by atoms with Gasteiger partial charge in [0.2, 0.25) is 0 Å². The van der Waals surface area contributed by atoms with Crippen molar-refractivity contribution < 1.29 is 0 Å². The van der Waals surface area contributed by atoms with Gasteiger partial charge in [-0.3, -0.25) is 0 Å². The fraction of sp³-hybridized carbons (Fsp3) is 0.667. The summed E-state index contributed by atoms with van der Waals surface area (Å²) in [5.41, 5.74) is 3.03. The highest BCUT2D eigenvalue weighted by Gasteiger charge is 2.47. The Morgan fingerprint density at radius 1 is 1.04 bits per heavy atom. The van der Waals surface area contributed by atoms with Gasteiger partial charge in [-0.05, 0) is 92.2 Å². The molecule has 0 amide bonds. The highest BCUT2D eigenvalue weighted by atomic mass is 14.9. The Morgan fingerprint density at radius 3 is 2.92 bits per heavy atom. The third kappa shape index (κ3) is 2.89. The molecule has 1 saturated heterocycles. The van der Waals surface area contributed by atoms with Crippen LogP contribution in [0.25, 0.3) is 6.08 Å². The van der Waals surface area contributed by atoms with Crippen molar-refractivity contribution >= 4 is 6.08 Å². The SMILES string of the molecule is CC1CC2CC3CCCNC3CC2C1CCC1C=Cc2ccccc21. The molecule has 3 fully saturated rings. The molecule has 1 N–H and O–H groups in total. The standard InChI is InChI=1S/C24H33N/c1-16-13-20-14-19-6-4-12-25-24(19)15-23(20)21(16)11-10-18-9-8-17-5-2-3-7-22(17)18/h2-3,5,7-9,16,18-21,23-25H,4,6,10-15H2,1H3. The summed E-state index contributed by atoms with van der Waals surface area (Å²) in [7, 11) is 0. The van der Waals surface area contributed by atoms with Crippen molar-refractivity contribution in [2.75, 3.05) is 6.54 Å². The van der Waals surface area contributed by atoms with Gasteiger partial charge in [-0.2, -0.15) is 0 Å². The normalized spacial score (nSPS) is 42.0. The highest BCUT2D eigenvalue weighted by Crippen LogP contribution is 2.53. The third-order valence-corrected chi connectivity index (χ3v) is 8.13. The first-order valence-electron chi connectivity index (χ1n) is 10.8. The van der Waals surface area contributed by atoms with Crippen molar-refractivity contribution in [3.8, 4) is 0 Å². The van der Waals surface area contributed by atoms with Crippen LogP contribution in [0.15, 0.2) is 30.3 Å². The zero-order chi connectivity index (χ0) is 16.8. The third-order valence-electron chi connectivity index (χ3n) is 8.13. The van der Waals surface area contributed by atoms with Gasteiger partial charge in [0.05, 0.1) is 0 Å². The van der Waals surface area contributed by atoms with Crippen molar-refractivity contribution in [2.45, 2.75) is 63.8 Å². The Bertz CT molecular complexity index is 647. The molecule has 3 aliphatic carbocycles. The minimum absolute atomic E-state index is 0.673. The molecule has 5 rings (SSSR count). The molecule has 7 atom stereocenters. The lowest BCUT2D eigenvalue weighted by atomic mass is 9.67. The van der Waals surface area contributed by atoms with E-state index in [0.29, 0.717) is 5.92 Å². The van der Waals surface area contributed by atoms with Gasteiger partial charge in [0.25, 0.3) is 0 Å². The highest BCUT2D eigenvalue weighted by molar-refractivity contribution is 5.62. The molecule has 1 aromatic rings. The van der Waals surface area contributed by atoms with Crippen LogP contribution < -0.4 is 5.32 Å². The summed E-state index contributed by atoms with van der Waals surface area (Å²) >= 11 is 0. The molecule has 1 aromatic carbocycles. The topological polar surface area (TPSA) is 12.0 Å². The molecule has 134 valence electrons. The predicted molar refractivity (Wildman–Crippen MR) is 105 cm³/mol. The lowest BCUT2D eigenvalue weighted by molar-refractivity contribution is 0.103. The average Bonchev–Trinajstić information content (AvgIpc) is 3.18. The van der Waals surface area contributed by atoms with E-state index in [1.165, 1.54) is 57.1 Å². The second-order valence-electron chi connectivity index (χ2n) is 9.41. The maximum absolute atomic E-state index is 3.87. The average molecular weight is 336 g/mol. The molecule has 4 aliphatic rings. The Hall–Kier alpha value is -1.08. The maximum Gasteiger partial charge on any atom is 0.00982 e.